The maximum absolute atomic E-state index is 15.5. The molecular weight excluding hydrogens is 696 g/mol. The van der Waals surface area contributed by atoms with Gasteiger partial charge in [-0.2, -0.15) is 5.10 Å². The van der Waals surface area contributed by atoms with E-state index in [1.54, 1.807) is 18.1 Å². The molecule has 6 rings (SSSR count). The lowest BCUT2D eigenvalue weighted by Crippen LogP contribution is -2.54. The van der Waals surface area contributed by atoms with Crippen molar-refractivity contribution in [3.05, 3.63) is 70.8 Å². The van der Waals surface area contributed by atoms with E-state index in [-0.39, 0.29) is 62.3 Å². The second-order valence-electron chi connectivity index (χ2n) is 13.9. The molecule has 3 N–H and O–H groups in total. The van der Waals surface area contributed by atoms with Gasteiger partial charge in [-0.1, -0.05) is 17.7 Å². The number of piperazine rings is 1. The van der Waals surface area contributed by atoms with Crippen molar-refractivity contribution >= 4 is 40.8 Å². The number of piperidine rings is 1. The summed E-state index contributed by atoms with van der Waals surface area (Å²) < 4.78 is 39.7. The van der Waals surface area contributed by atoms with Crippen LogP contribution in [0, 0.1) is 17.6 Å². The van der Waals surface area contributed by atoms with E-state index < -0.39 is 17.5 Å². The van der Waals surface area contributed by atoms with E-state index in [0.717, 1.165) is 30.4 Å². The average molecular weight is 739 g/mol. The molecule has 2 aliphatic heterocycles. The first kappa shape index (κ1) is 36.9. The highest BCUT2D eigenvalue weighted by atomic mass is 35.5. The molecule has 16 heteroatoms. The number of ether oxygens (including phenoxy) is 1. The Hall–Kier alpha value is -4.86. The number of methoxy groups -OCH3 is 1. The molecule has 52 heavy (non-hydrogen) atoms. The van der Waals surface area contributed by atoms with Crippen LogP contribution in [0.25, 0.3) is 22.4 Å². The summed E-state index contributed by atoms with van der Waals surface area (Å²) in [6, 6.07) is 7.35. The Morgan fingerprint density at radius 2 is 1.65 bits per heavy atom. The quantitative estimate of drug-likeness (QED) is 0.246. The molecule has 0 unspecified atom stereocenters. The molecule has 2 fully saturated rings. The first-order valence-electron chi connectivity index (χ1n) is 17.1. The number of benzene rings is 2. The van der Waals surface area contributed by atoms with Gasteiger partial charge >= 0.3 is 0 Å². The minimum atomic E-state index is -1.13. The third kappa shape index (κ3) is 7.52. The van der Waals surface area contributed by atoms with Crippen LogP contribution < -0.4 is 11.1 Å². The molecule has 13 nitrogen and oxygen atoms in total. The Labute approximate surface area is 305 Å². The fourth-order valence-electron chi connectivity index (χ4n) is 6.79. The lowest BCUT2D eigenvalue weighted by Gasteiger charge is -2.40. The predicted octanol–water partition coefficient (Wildman–Crippen LogP) is 4.13. The number of rotatable bonds is 9. The van der Waals surface area contributed by atoms with Crippen molar-refractivity contribution in [2.24, 2.45) is 13.0 Å². The van der Waals surface area contributed by atoms with Crippen LogP contribution in [-0.2, 0) is 23.1 Å². The molecule has 3 amide bonds. The minimum absolute atomic E-state index is 0.0352. The summed E-state index contributed by atoms with van der Waals surface area (Å²) in [5, 5.41) is 6.99. The monoisotopic (exact) mass is 738 g/mol. The third-order valence-electron chi connectivity index (χ3n) is 10.0. The molecule has 0 radical (unpaired) electrons. The topological polar surface area (TPSA) is 141 Å². The molecule has 0 saturated carbocycles. The van der Waals surface area contributed by atoms with Crippen molar-refractivity contribution in [3.63, 3.8) is 0 Å². The predicted molar refractivity (Wildman–Crippen MR) is 193 cm³/mol. The van der Waals surface area contributed by atoms with Crippen molar-refractivity contribution < 1.29 is 32.4 Å². The van der Waals surface area contributed by atoms with E-state index in [1.165, 1.54) is 53.0 Å². The molecule has 2 saturated heterocycles. The fourth-order valence-corrected chi connectivity index (χ4v) is 7.06. The molecular formula is C36H43ClF2N9O4+. The number of nitrogen functional groups attached to an aromatic ring is 1. The molecule has 2 aliphatic rings. The number of aromatic nitrogens is 4. The molecule has 4 aromatic rings. The number of likely N-dealkylation sites (tertiary alicyclic amines) is 1. The van der Waals surface area contributed by atoms with Gasteiger partial charge in [0.05, 0.1) is 62.8 Å². The van der Waals surface area contributed by atoms with Gasteiger partial charge in [-0.15, -0.1) is 0 Å². The second-order valence-corrected chi connectivity index (χ2v) is 14.3. The van der Waals surface area contributed by atoms with Gasteiger partial charge in [0, 0.05) is 87.7 Å². The minimum Gasteiger partial charge on any atom is -0.383 e. The van der Waals surface area contributed by atoms with E-state index in [4.69, 9.17) is 22.1 Å². The molecule has 4 heterocycles. The number of carbonyl (C=O) groups is 3. The number of hydrogen-bond acceptors (Lipinski definition) is 7. The van der Waals surface area contributed by atoms with Crippen LogP contribution in [0.15, 0.2) is 42.7 Å². The Balaban J connectivity index is 1.09. The van der Waals surface area contributed by atoms with Crippen LogP contribution in [0.3, 0.4) is 0 Å². The van der Waals surface area contributed by atoms with Crippen LogP contribution in [0.5, 0.6) is 0 Å². The van der Waals surface area contributed by atoms with Crippen LogP contribution in [-0.4, -0.2) is 118 Å². The maximum Gasteiger partial charge on any atom is 0.291 e. The molecule has 276 valence electrons. The zero-order chi connectivity index (χ0) is 37.3. The third-order valence-corrected chi connectivity index (χ3v) is 10.3. The highest BCUT2D eigenvalue weighted by Gasteiger charge is 2.35. The van der Waals surface area contributed by atoms with Crippen LogP contribution in [0.4, 0.5) is 20.3 Å². The number of nitrogens with two attached hydrogens (primary N) is 1. The van der Waals surface area contributed by atoms with Crippen molar-refractivity contribution in [3.8, 4) is 22.4 Å². The molecule has 2 aromatic carbocycles. The normalized spacial score (nSPS) is 16.3. The van der Waals surface area contributed by atoms with Gasteiger partial charge in [-0.25, -0.2) is 13.8 Å². The number of quaternary nitrogens is 1. The molecule has 0 spiro atoms. The van der Waals surface area contributed by atoms with E-state index in [1.807, 2.05) is 4.90 Å². The lowest BCUT2D eigenvalue weighted by molar-refractivity contribution is -0.895. The van der Waals surface area contributed by atoms with Gasteiger partial charge in [0.2, 0.25) is 5.91 Å². The Morgan fingerprint density at radius 1 is 1.00 bits per heavy atom. The zero-order valence-corrected chi connectivity index (χ0v) is 30.4. The summed E-state index contributed by atoms with van der Waals surface area (Å²) in [5.41, 5.74) is 6.81. The Morgan fingerprint density at radius 3 is 2.33 bits per heavy atom. The zero-order valence-electron chi connectivity index (χ0n) is 29.7. The van der Waals surface area contributed by atoms with Gasteiger partial charge in [-0.05, 0) is 24.3 Å². The van der Waals surface area contributed by atoms with Crippen molar-refractivity contribution in [1.82, 2.24) is 29.1 Å². The smallest absolute Gasteiger partial charge is 0.291 e. The SMILES string of the molecule is COCCn1cc(-c2ccc(-c3cnc(C(=O)Nc4ccc(C(=O)N5CCN(C(=O)C6CC[N+](C)(C)CC6)CC5)c(Cl)c4)n3C)c(F)c2F)c(N)n1. The van der Waals surface area contributed by atoms with Crippen LogP contribution in [0.1, 0.15) is 33.8 Å². The van der Waals surface area contributed by atoms with Gasteiger partial charge < -0.3 is 34.6 Å². The fraction of sp³-hybridized carbons (Fsp3) is 0.417. The van der Waals surface area contributed by atoms with Gasteiger partial charge in [0.15, 0.2) is 23.3 Å². The van der Waals surface area contributed by atoms with Gasteiger partial charge in [0.1, 0.15) is 0 Å². The van der Waals surface area contributed by atoms with E-state index >= 15 is 8.78 Å². The number of nitrogens with zero attached hydrogens (tertiary/aromatic N) is 7. The number of anilines is 2. The number of nitrogens with one attached hydrogen (secondary N) is 1. The summed E-state index contributed by atoms with van der Waals surface area (Å²) in [6.45, 7) is 4.44. The van der Waals surface area contributed by atoms with E-state index in [0.29, 0.717) is 45.0 Å². The number of imidazole rings is 1. The van der Waals surface area contributed by atoms with Gasteiger partial charge in [-0.3, -0.25) is 19.1 Å². The van der Waals surface area contributed by atoms with Gasteiger partial charge in [0.25, 0.3) is 11.8 Å². The largest absolute Gasteiger partial charge is 0.383 e. The molecule has 2 aromatic heterocycles. The molecule has 0 aliphatic carbocycles. The van der Waals surface area contributed by atoms with E-state index in [2.05, 4.69) is 29.5 Å². The average Bonchev–Trinajstić information content (AvgIpc) is 3.69. The second kappa shape index (κ2) is 15.0. The van der Waals surface area contributed by atoms with Crippen molar-refractivity contribution in [2.45, 2.75) is 19.4 Å². The first-order valence-corrected chi connectivity index (χ1v) is 17.5. The highest BCUT2D eigenvalue weighted by molar-refractivity contribution is 6.34. The summed E-state index contributed by atoms with van der Waals surface area (Å²) >= 11 is 6.53. The van der Waals surface area contributed by atoms with Crippen molar-refractivity contribution in [1.29, 1.82) is 0 Å². The first-order chi connectivity index (χ1) is 24.8. The summed E-state index contributed by atoms with van der Waals surface area (Å²) in [5.74, 6) is -2.96. The maximum atomic E-state index is 15.5. The molecule has 0 bridgehead atoms. The standard InChI is InChI=1S/C36H42ClF2N9O4/c1-44-29(26-8-7-24(30(38)31(26)39)27-21-47(15-18-52-4)43-32(27)40)20-41-33(44)34(49)42-23-5-6-25(28(37)19-23)36(51)46-13-11-45(12-14-46)35(50)22-9-16-48(2,3)17-10-22/h5-8,19-22H,9-18H2,1-4H3,(H2-,40,42,43,49,51)/p+1. The number of halogens is 3. The van der Waals surface area contributed by atoms with Crippen LogP contribution >= 0.6 is 11.6 Å². The Bertz CT molecular complexity index is 1990. The summed E-state index contributed by atoms with van der Waals surface area (Å²) in [6.07, 6.45) is 4.55. The lowest BCUT2D eigenvalue weighted by atomic mass is 9.94. The Kier molecular flexibility index (Phi) is 10.7. The summed E-state index contributed by atoms with van der Waals surface area (Å²) in [4.78, 5) is 47.5. The van der Waals surface area contributed by atoms with Crippen molar-refractivity contribution in [2.75, 3.05) is 78.1 Å². The summed E-state index contributed by atoms with van der Waals surface area (Å²) in [7, 11) is 7.42. The molecule has 0 atom stereocenters. The number of amides is 3. The van der Waals surface area contributed by atoms with E-state index in [9.17, 15) is 14.4 Å². The number of carbonyl (C=O) groups excluding carboxylic acids is 3. The number of hydrogen-bond donors (Lipinski definition) is 2. The highest BCUT2D eigenvalue weighted by Crippen LogP contribution is 2.34. The van der Waals surface area contributed by atoms with Crippen LogP contribution in [0.2, 0.25) is 5.02 Å².